The Labute approximate surface area is 638 Å². The van der Waals surface area contributed by atoms with E-state index in [9.17, 15) is 43.2 Å². The normalized spacial score (nSPS) is 14.2. The number of aliphatic hydroxyl groups is 1. The Balaban J connectivity index is 5.23. The first-order valence-electron chi connectivity index (χ1n) is 43.9. The highest BCUT2D eigenvalue weighted by Crippen LogP contribution is 2.45. The van der Waals surface area contributed by atoms with Gasteiger partial charge < -0.3 is 33.8 Å². The number of esters is 4. The number of unbranched alkanes of at least 4 members (excludes halogenated alkanes) is 50. The topological polar surface area (TPSA) is 237 Å². The lowest BCUT2D eigenvalue weighted by Crippen LogP contribution is -2.30. The molecule has 17 nitrogen and oxygen atoms in total. The Hall–Kier alpha value is -1.94. The zero-order chi connectivity index (χ0) is 76.5. The van der Waals surface area contributed by atoms with E-state index in [2.05, 4.69) is 48.5 Å². The maximum absolute atomic E-state index is 13.1. The van der Waals surface area contributed by atoms with Crippen molar-refractivity contribution in [2.75, 3.05) is 39.6 Å². The molecule has 0 aromatic heterocycles. The van der Waals surface area contributed by atoms with Crippen molar-refractivity contribution in [2.24, 2.45) is 17.8 Å². The molecule has 0 aromatic rings. The van der Waals surface area contributed by atoms with Crippen molar-refractivity contribution in [3.8, 4) is 0 Å². The molecule has 0 amide bonds. The molecule has 0 aliphatic rings. The van der Waals surface area contributed by atoms with E-state index >= 15 is 0 Å². The van der Waals surface area contributed by atoms with Crippen LogP contribution in [0.15, 0.2) is 0 Å². The first-order chi connectivity index (χ1) is 50.3. The molecule has 0 heterocycles. The van der Waals surface area contributed by atoms with Gasteiger partial charge in [-0.2, -0.15) is 0 Å². The van der Waals surface area contributed by atoms with E-state index in [0.29, 0.717) is 25.7 Å². The van der Waals surface area contributed by atoms with Crippen LogP contribution in [0.3, 0.4) is 0 Å². The molecular weight excluding hydrogens is 1350 g/mol. The summed E-state index contributed by atoms with van der Waals surface area (Å²) in [4.78, 5) is 73.2. The summed E-state index contributed by atoms with van der Waals surface area (Å²) in [6.45, 7) is 12.0. The van der Waals surface area contributed by atoms with Crippen molar-refractivity contribution >= 4 is 39.5 Å². The summed E-state index contributed by atoms with van der Waals surface area (Å²) in [7, 11) is -9.93. The van der Waals surface area contributed by atoms with Crippen LogP contribution in [0.5, 0.6) is 0 Å². The maximum atomic E-state index is 13.1. The van der Waals surface area contributed by atoms with Crippen molar-refractivity contribution < 1.29 is 80.2 Å². The van der Waals surface area contributed by atoms with Gasteiger partial charge in [0.15, 0.2) is 12.2 Å². The second-order valence-corrected chi connectivity index (χ2v) is 34.7. The average Bonchev–Trinajstić information content (AvgIpc) is 0.902. The zero-order valence-corrected chi connectivity index (χ0v) is 70.3. The number of phosphoric acid groups is 2. The fourth-order valence-electron chi connectivity index (χ4n) is 13.2. The predicted molar refractivity (Wildman–Crippen MR) is 428 cm³/mol. The first kappa shape index (κ1) is 102. The van der Waals surface area contributed by atoms with Gasteiger partial charge in [-0.05, 0) is 43.4 Å². The fourth-order valence-corrected chi connectivity index (χ4v) is 14.7. The summed E-state index contributed by atoms with van der Waals surface area (Å²) in [5.41, 5.74) is 0. The van der Waals surface area contributed by atoms with Crippen LogP contribution in [0.1, 0.15) is 447 Å². The Morgan fingerprint density at radius 2 is 0.490 bits per heavy atom. The third kappa shape index (κ3) is 76.8. The fraction of sp³-hybridized carbons (Fsp3) is 0.953. The third-order valence-electron chi connectivity index (χ3n) is 20.2. The quantitative estimate of drug-likeness (QED) is 0.0222. The van der Waals surface area contributed by atoms with Gasteiger partial charge in [0.05, 0.1) is 26.4 Å². The molecule has 0 rings (SSSR count). The van der Waals surface area contributed by atoms with Gasteiger partial charge in [0.25, 0.3) is 0 Å². The molecule has 0 saturated heterocycles. The van der Waals surface area contributed by atoms with E-state index < -0.39 is 97.5 Å². The molecule has 0 bridgehead atoms. The minimum absolute atomic E-state index is 0.106. The van der Waals surface area contributed by atoms with Gasteiger partial charge in [-0.3, -0.25) is 37.3 Å². The molecule has 618 valence electrons. The van der Waals surface area contributed by atoms with Crippen LogP contribution >= 0.6 is 15.6 Å². The first-order valence-corrected chi connectivity index (χ1v) is 46.9. The molecule has 0 spiro atoms. The SMILES string of the molecule is CCCCCCCCCCCCCCCCCCCCCCCC(=O)O[C@H](COC(=O)CCCCCCCCCCCCCCCCCCC(C)C)COP(=O)(O)OC[C@@H](O)COP(=O)(O)OC[C@@H](COC(=O)CCCCCCCCC(C)CC)OC(=O)CCCCCCCCCCCCCC(C)C. The second-order valence-electron chi connectivity index (χ2n) is 31.8. The predicted octanol–water partition coefficient (Wildman–Crippen LogP) is 25.7. The lowest BCUT2D eigenvalue weighted by Gasteiger charge is -2.21. The van der Waals surface area contributed by atoms with E-state index in [1.165, 1.54) is 250 Å². The minimum atomic E-state index is -4.97. The molecule has 104 heavy (non-hydrogen) atoms. The number of aliphatic hydroxyl groups excluding tert-OH is 1. The molecule has 0 aliphatic heterocycles. The Bertz CT molecular complexity index is 2010. The summed E-state index contributed by atoms with van der Waals surface area (Å²) >= 11 is 0. The lowest BCUT2D eigenvalue weighted by molar-refractivity contribution is -0.161. The molecule has 0 radical (unpaired) electrons. The molecule has 3 N–H and O–H groups in total. The Morgan fingerprint density at radius 3 is 0.731 bits per heavy atom. The maximum Gasteiger partial charge on any atom is 0.472 e. The Kier molecular flexibility index (Phi) is 73.7. The van der Waals surface area contributed by atoms with Crippen LogP contribution in [0.2, 0.25) is 0 Å². The van der Waals surface area contributed by atoms with Gasteiger partial charge in [0.1, 0.15) is 19.3 Å². The molecular formula is C85H166O17P2. The van der Waals surface area contributed by atoms with E-state index in [1.807, 2.05) is 0 Å². The van der Waals surface area contributed by atoms with Crippen molar-refractivity contribution in [1.82, 2.24) is 0 Å². The number of hydrogen-bond donors (Lipinski definition) is 3. The van der Waals surface area contributed by atoms with Crippen LogP contribution in [-0.2, 0) is 65.4 Å². The summed E-state index contributed by atoms with van der Waals surface area (Å²) in [5, 5.41) is 10.7. The number of rotatable bonds is 83. The van der Waals surface area contributed by atoms with Crippen LogP contribution < -0.4 is 0 Å². The number of carbonyl (C=O) groups excluding carboxylic acids is 4. The highest BCUT2D eigenvalue weighted by atomic mass is 31.2. The van der Waals surface area contributed by atoms with E-state index in [1.54, 1.807) is 0 Å². The molecule has 3 unspecified atom stereocenters. The largest absolute Gasteiger partial charge is 0.472 e. The minimum Gasteiger partial charge on any atom is -0.462 e. The Morgan fingerprint density at radius 1 is 0.279 bits per heavy atom. The molecule has 0 aromatic carbocycles. The molecule has 0 fully saturated rings. The molecule has 19 heteroatoms. The summed E-state index contributed by atoms with van der Waals surface area (Å²) in [6, 6.07) is 0. The number of ether oxygens (including phenoxy) is 4. The number of hydrogen-bond acceptors (Lipinski definition) is 15. The highest BCUT2D eigenvalue weighted by molar-refractivity contribution is 7.47. The molecule has 0 saturated carbocycles. The van der Waals surface area contributed by atoms with Crippen molar-refractivity contribution in [3.63, 3.8) is 0 Å². The van der Waals surface area contributed by atoms with Gasteiger partial charge >= 0.3 is 39.5 Å². The van der Waals surface area contributed by atoms with Gasteiger partial charge in [-0.25, -0.2) is 9.13 Å². The number of carbonyl (C=O) groups is 4. The van der Waals surface area contributed by atoms with E-state index in [4.69, 9.17) is 37.0 Å². The summed E-state index contributed by atoms with van der Waals surface area (Å²) in [5.74, 6) is 0.200. The van der Waals surface area contributed by atoms with E-state index in [-0.39, 0.29) is 25.7 Å². The second kappa shape index (κ2) is 75.1. The van der Waals surface area contributed by atoms with Gasteiger partial charge in [0.2, 0.25) is 0 Å². The van der Waals surface area contributed by atoms with Crippen molar-refractivity contribution in [2.45, 2.75) is 465 Å². The lowest BCUT2D eigenvalue weighted by atomic mass is 10.00. The summed E-state index contributed by atoms with van der Waals surface area (Å²) in [6.07, 6.45) is 65.4. The summed E-state index contributed by atoms with van der Waals surface area (Å²) < 4.78 is 68.8. The van der Waals surface area contributed by atoms with Crippen molar-refractivity contribution in [3.05, 3.63) is 0 Å². The van der Waals surface area contributed by atoms with E-state index in [0.717, 1.165) is 114 Å². The van der Waals surface area contributed by atoms with Crippen molar-refractivity contribution in [1.29, 1.82) is 0 Å². The van der Waals surface area contributed by atoms with Gasteiger partial charge in [0, 0.05) is 25.7 Å². The van der Waals surface area contributed by atoms with Gasteiger partial charge in [-0.15, -0.1) is 0 Å². The third-order valence-corrected chi connectivity index (χ3v) is 22.1. The standard InChI is InChI=1S/C85H166O17P2/c1-8-10-11-12-13-14-15-16-17-18-19-20-21-22-27-30-35-40-45-54-61-68-84(89)101-80(72-95-82(87)66-59-52-44-39-34-29-26-24-23-25-28-32-37-42-49-56-63-76(3)4)74-99-103(91,92)97-70-79(86)71-98-104(93,94)100-75-81(73-96-83(88)67-60-53-48-47-51-58-65-78(7)9-2)102-85(90)69-62-55-46-41-36-31-33-38-43-50-57-64-77(5)6/h76-81,86H,8-75H2,1-7H3,(H,91,92)(H,93,94)/t78?,79-,80-,81-/m1/s1. The van der Waals surface area contributed by atoms with Gasteiger partial charge in [-0.1, -0.05) is 395 Å². The molecule has 6 atom stereocenters. The monoisotopic (exact) mass is 1520 g/mol. The van der Waals surface area contributed by atoms with Crippen LogP contribution in [0.4, 0.5) is 0 Å². The number of phosphoric ester groups is 2. The van der Waals surface area contributed by atoms with Crippen LogP contribution in [-0.4, -0.2) is 96.7 Å². The zero-order valence-electron chi connectivity index (χ0n) is 68.5. The van der Waals surface area contributed by atoms with Crippen LogP contribution in [0.25, 0.3) is 0 Å². The average molecular weight is 1520 g/mol. The van der Waals surface area contributed by atoms with Crippen LogP contribution in [0, 0.1) is 17.8 Å². The smallest absolute Gasteiger partial charge is 0.462 e. The molecule has 0 aliphatic carbocycles. The highest BCUT2D eigenvalue weighted by Gasteiger charge is 2.30.